The molecular formula is C23H40O6. The van der Waals surface area contributed by atoms with E-state index >= 15 is 0 Å². The summed E-state index contributed by atoms with van der Waals surface area (Å²) in [6.07, 6.45) is 11.0. The molecule has 6 heteroatoms. The quantitative estimate of drug-likeness (QED) is 0.218. The van der Waals surface area contributed by atoms with Gasteiger partial charge in [0.2, 0.25) is 0 Å². The Morgan fingerprint density at radius 2 is 1.31 bits per heavy atom. The molecule has 29 heavy (non-hydrogen) atoms. The van der Waals surface area contributed by atoms with Crippen LogP contribution in [0.25, 0.3) is 0 Å². The second-order valence-corrected chi connectivity index (χ2v) is 6.90. The van der Waals surface area contributed by atoms with Crippen molar-refractivity contribution in [3.8, 4) is 0 Å². The van der Waals surface area contributed by atoms with Crippen LogP contribution in [0, 0.1) is 5.92 Å². The van der Waals surface area contributed by atoms with Crippen LogP contribution in [-0.4, -0.2) is 36.2 Å². The van der Waals surface area contributed by atoms with Crippen LogP contribution in [0.3, 0.4) is 0 Å². The van der Waals surface area contributed by atoms with Gasteiger partial charge in [-0.05, 0) is 25.2 Å². The predicted octanol–water partition coefficient (Wildman–Crippen LogP) is 5.46. The topological polar surface area (TPSA) is 89.9 Å². The Bertz CT molecular complexity index is 472. The van der Waals surface area contributed by atoms with Crippen molar-refractivity contribution in [3.63, 3.8) is 0 Å². The van der Waals surface area contributed by atoms with Crippen molar-refractivity contribution in [2.75, 3.05) is 13.2 Å². The first-order valence-corrected chi connectivity index (χ1v) is 10.7. The zero-order valence-electron chi connectivity index (χ0n) is 18.7. The van der Waals surface area contributed by atoms with E-state index in [0.717, 1.165) is 50.7 Å². The second-order valence-electron chi connectivity index (χ2n) is 6.90. The van der Waals surface area contributed by atoms with E-state index in [-0.39, 0.29) is 0 Å². The molecule has 0 spiro atoms. The maximum Gasteiger partial charge on any atom is 0.331 e. The molecule has 0 saturated heterocycles. The Morgan fingerprint density at radius 1 is 0.862 bits per heavy atom. The molecule has 0 bridgehead atoms. The van der Waals surface area contributed by atoms with Gasteiger partial charge in [0.05, 0.1) is 13.2 Å². The van der Waals surface area contributed by atoms with Gasteiger partial charge in [-0.25, -0.2) is 14.4 Å². The van der Waals surface area contributed by atoms with Crippen molar-refractivity contribution >= 4 is 17.9 Å². The summed E-state index contributed by atoms with van der Waals surface area (Å²) in [5, 5.41) is 8.65. The van der Waals surface area contributed by atoms with E-state index in [0.29, 0.717) is 31.1 Å². The number of aliphatic carboxylic acids is 1. The number of ether oxygens (including phenoxy) is 2. The summed E-state index contributed by atoms with van der Waals surface area (Å²) < 4.78 is 9.65. The number of carbonyl (C=O) groups excluding carboxylic acids is 2. The fourth-order valence-corrected chi connectivity index (χ4v) is 2.25. The number of rotatable bonds is 15. The molecule has 1 atom stereocenters. The van der Waals surface area contributed by atoms with Gasteiger partial charge in [-0.15, -0.1) is 0 Å². The maximum atomic E-state index is 11.0. The van der Waals surface area contributed by atoms with Gasteiger partial charge < -0.3 is 14.6 Å². The summed E-state index contributed by atoms with van der Waals surface area (Å²) in [6, 6.07) is 0. The summed E-state index contributed by atoms with van der Waals surface area (Å²) in [5.41, 5.74) is 0.350. The zero-order chi connectivity index (χ0) is 22.5. The summed E-state index contributed by atoms with van der Waals surface area (Å²) in [5.74, 6) is -1.35. The van der Waals surface area contributed by atoms with E-state index < -0.39 is 17.9 Å². The van der Waals surface area contributed by atoms with Crippen LogP contribution in [0.4, 0.5) is 0 Å². The molecule has 0 aliphatic rings. The highest BCUT2D eigenvalue weighted by molar-refractivity contribution is 5.91. The number of carboxylic acid groups (broad SMARTS) is 1. The van der Waals surface area contributed by atoms with Crippen molar-refractivity contribution in [1.29, 1.82) is 0 Å². The van der Waals surface area contributed by atoms with E-state index in [1.54, 1.807) is 0 Å². The van der Waals surface area contributed by atoms with E-state index in [4.69, 9.17) is 14.6 Å². The van der Waals surface area contributed by atoms with Gasteiger partial charge in [0.1, 0.15) is 0 Å². The first kappa shape index (κ1) is 29.1. The molecule has 0 aromatic rings. The van der Waals surface area contributed by atoms with E-state index in [1.165, 1.54) is 12.8 Å². The Kier molecular flexibility index (Phi) is 20.7. The first-order chi connectivity index (χ1) is 13.8. The van der Waals surface area contributed by atoms with E-state index in [1.807, 2.05) is 13.8 Å². The van der Waals surface area contributed by atoms with Gasteiger partial charge in [0, 0.05) is 17.7 Å². The van der Waals surface area contributed by atoms with Gasteiger partial charge >= 0.3 is 17.9 Å². The Morgan fingerprint density at radius 3 is 1.66 bits per heavy atom. The molecule has 0 radical (unpaired) electrons. The SMILES string of the molecule is C=C(CC(CC)CCCC)C(=O)O.CCCCOC(=O)C=CC(=O)OCCCC. The number of esters is 2. The number of carbonyl (C=O) groups is 3. The summed E-state index contributed by atoms with van der Waals surface area (Å²) in [4.78, 5) is 32.6. The average Bonchev–Trinajstić information content (AvgIpc) is 2.70. The van der Waals surface area contributed by atoms with Crippen molar-refractivity contribution in [2.24, 2.45) is 5.92 Å². The third-order valence-corrected chi connectivity index (χ3v) is 4.22. The van der Waals surface area contributed by atoms with Crippen LogP contribution in [-0.2, 0) is 23.9 Å². The first-order valence-electron chi connectivity index (χ1n) is 10.7. The highest BCUT2D eigenvalue weighted by atomic mass is 16.5. The van der Waals surface area contributed by atoms with Crippen LogP contribution >= 0.6 is 0 Å². The third-order valence-electron chi connectivity index (χ3n) is 4.22. The van der Waals surface area contributed by atoms with Crippen LogP contribution in [0.2, 0.25) is 0 Å². The van der Waals surface area contributed by atoms with Gasteiger partial charge in [-0.3, -0.25) is 0 Å². The van der Waals surface area contributed by atoms with Gasteiger partial charge in [0.25, 0.3) is 0 Å². The van der Waals surface area contributed by atoms with E-state index in [2.05, 4.69) is 20.4 Å². The lowest BCUT2D eigenvalue weighted by molar-refractivity contribution is -0.140. The molecule has 0 heterocycles. The molecule has 6 nitrogen and oxygen atoms in total. The summed E-state index contributed by atoms with van der Waals surface area (Å²) in [6.45, 7) is 12.6. The average molecular weight is 413 g/mol. The van der Waals surface area contributed by atoms with Gasteiger partial charge in [-0.1, -0.05) is 72.8 Å². The molecule has 168 valence electrons. The van der Waals surface area contributed by atoms with Crippen molar-refractivity contribution in [2.45, 2.75) is 85.5 Å². The molecule has 0 aliphatic heterocycles. The molecule has 0 aromatic carbocycles. The number of unbranched alkanes of at least 4 members (excludes halogenated alkanes) is 3. The minimum Gasteiger partial charge on any atom is -0.478 e. The standard InChI is InChI=1S/C12H20O4.C11H20O2/c1-3-5-9-15-11(13)7-8-12(14)16-10-6-4-2;1-4-6-7-10(5-2)8-9(3)11(12)13/h7-8H,3-6,9-10H2,1-2H3;10H,3-8H2,1-2H3,(H,12,13). The number of hydrogen-bond acceptors (Lipinski definition) is 5. The summed E-state index contributed by atoms with van der Waals surface area (Å²) >= 11 is 0. The lowest BCUT2D eigenvalue weighted by Gasteiger charge is -2.13. The molecule has 1 N–H and O–H groups in total. The highest BCUT2D eigenvalue weighted by Gasteiger charge is 2.11. The molecule has 0 saturated carbocycles. The third kappa shape index (κ3) is 20.4. The molecule has 1 unspecified atom stereocenters. The molecule has 0 aliphatic carbocycles. The lowest BCUT2D eigenvalue weighted by atomic mass is 9.92. The van der Waals surface area contributed by atoms with Crippen molar-refractivity contribution < 1.29 is 29.0 Å². The van der Waals surface area contributed by atoms with Crippen LogP contribution in [0.5, 0.6) is 0 Å². The second kappa shape index (κ2) is 20.6. The molecular weight excluding hydrogens is 372 g/mol. The smallest absolute Gasteiger partial charge is 0.331 e. The van der Waals surface area contributed by atoms with Gasteiger partial charge in [-0.2, -0.15) is 0 Å². The lowest BCUT2D eigenvalue weighted by Crippen LogP contribution is -2.06. The van der Waals surface area contributed by atoms with Crippen LogP contribution in [0.15, 0.2) is 24.3 Å². The Hall–Kier alpha value is -2.11. The van der Waals surface area contributed by atoms with Crippen molar-refractivity contribution in [3.05, 3.63) is 24.3 Å². The van der Waals surface area contributed by atoms with Crippen molar-refractivity contribution in [1.82, 2.24) is 0 Å². The van der Waals surface area contributed by atoms with Gasteiger partial charge in [0.15, 0.2) is 0 Å². The summed E-state index contributed by atoms with van der Waals surface area (Å²) in [7, 11) is 0. The Balaban J connectivity index is 0. The van der Waals surface area contributed by atoms with Crippen LogP contribution < -0.4 is 0 Å². The molecule has 0 aromatic heterocycles. The number of carboxylic acids is 1. The minimum atomic E-state index is -0.852. The monoisotopic (exact) mass is 412 g/mol. The fourth-order valence-electron chi connectivity index (χ4n) is 2.25. The van der Waals surface area contributed by atoms with Crippen LogP contribution in [0.1, 0.15) is 85.5 Å². The number of hydrogen-bond donors (Lipinski definition) is 1. The molecule has 0 fully saturated rings. The Labute approximate surface area is 176 Å². The maximum absolute atomic E-state index is 11.0. The van der Waals surface area contributed by atoms with E-state index in [9.17, 15) is 14.4 Å². The largest absolute Gasteiger partial charge is 0.478 e. The highest BCUT2D eigenvalue weighted by Crippen LogP contribution is 2.20. The normalized spacial score (nSPS) is 11.3. The molecule has 0 rings (SSSR count). The molecule has 0 amide bonds. The minimum absolute atomic E-state index is 0.350. The predicted molar refractivity (Wildman–Crippen MR) is 116 cm³/mol. The fraction of sp³-hybridized carbons (Fsp3) is 0.696. The zero-order valence-corrected chi connectivity index (χ0v) is 18.7.